The summed E-state index contributed by atoms with van der Waals surface area (Å²) in [5.41, 5.74) is 1.72. The summed E-state index contributed by atoms with van der Waals surface area (Å²) in [6, 6.07) is -0.846. The average Bonchev–Trinajstić information content (AvgIpc) is 2.95. The molecule has 0 bridgehead atoms. The van der Waals surface area contributed by atoms with E-state index in [4.69, 9.17) is 0 Å². The third kappa shape index (κ3) is 3.41. The number of aromatic nitrogens is 2. The Hall–Kier alpha value is -1.89. The van der Waals surface area contributed by atoms with Gasteiger partial charge in [0.25, 0.3) is 0 Å². The minimum Gasteiger partial charge on any atom is -0.480 e. The third-order valence-corrected chi connectivity index (χ3v) is 4.43. The first-order chi connectivity index (χ1) is 9.92. The molecule has 0 aliphatic carbocycles. The van der Waals surface area contributed by atoms with E-state index < -0.39 is 12.0 Å². The highest BCUT2D eigenvalue weighted by Gasteiger charge is 2.25. The smallest absolute Gasteiger partial charge is 0.326 e. The second kappa shape index (κ2) is 6.26. The Morgan fingerprint density at radius 1 is 1.52 bits per heavy atom. The molecule has 2 aromatic heterocycles. The number of carboxylic acids is 1. The fourth-order valence-corrected chi connectivity index (χ4v) is 3.06. The van der Waals surface area contributed by atoms with E-state index in [9.17, 15) is 14.7 Å². The van der Waals surface area contributed by atoms with E-state index in [2.05, 4.69) is 10.3 Å². The summed E-state index contributed by atoms with van der Waals surface area (Å²) >= 11 is 1.47. The molecular formula is C14H19N3O3S. The molecule has 1 amide bonds. The zero-order valence-corrected chi connectivity index (χ0v) is 13.1. The molecule has 0 saturated carbocycles. The number of aryl methyl sites for hydroxylation is 1. The minimum absolute atomic E-state index is 0.107. The van der Waals surface area contributed by atoms with Crippen LogP contribution >= 0.6 is 11.3 Å². The zero-order chi connectivity index (χ0) is 15.6. The number of nitrogens with one attached hydrogen (secondary N) is 1. The number of rotatable bonds is 6. The van der Waals surface area contributed by atoms with E-state index in [1.807, 2.05) is 36.7 Å². The predicted molar refractivity (Wildman–Crippen MR) is 80.5 cm³/mol. The number of carbonyl (C=O) groups excluding carboxylic acids is 1. The van der Waals surface area contributed by atoms with Crippen LogP contribution in [0.2, 0.25) is 0 Å². The van der Waals surface area contributed by atoms with Crippen LogP contribution in [0.1, 0.15) is 31.7 Å². The Labute approximate surface area is 126 Å². The van der Waals surface area contributed by atoms with Crippen LogP contribution in [0.25, 0.3) is 4.96 Å². The molecule has 7 heteroatoms. The van der Waals surface area contributed by atoms with Gasteiger partial charge in [-0.1, -0.05) is 20.3 Å². The maximum Gasteiger partial charge on any atom is 0.326 e. The molecule has 0 saturated heterocycles. The first-order valence-corrected chi connectivity index (χ1v) is 7.74. The number of thiazole rings is 1. The lowest BCUT2D eigenvalue weighted by molar-refractivity contribution is -0.143. The van der Waals surface area contributed by atoms with Gasteiger partial charge in [-0.3, -0.25) is 9.20 Å². The van der Waals surface area contributed by atoms with Gasteiger partial charge in [0.2, 0.25) is 5.91 Å². The molecule has 2 aromatic rings. The monoisotopic (exact) mass is 309 g/mol. The van der Waals surface area contributed by atoms with Crippen molar-refractivity contribution in [3.05, 3.63) is 23.0 Å². The van der Waals surface area contributed by atoms with Gasteiger partial charge in [0.15, 0.2) is 4.96 Å². The van der Waals surface area contributed by atoms with Crippen molar-refractivity contribution in [2.45, 2.75) is 39.7 Å². The largest absolute Gasteiger partial charge is 0.480 e. The lowest BCUT2D eigenvalue weighted by Crippen LogP contribution is -2.45. The average molecular weight is 309 g/mol. The van der Waals surface area contributed by atoms with Crippen LogP contribution in [0, 0.1) is 12.8 Å². The molecule has 2 N–H and O–H groups in total. The van der Waals surface area contributed by atoms with Crippen molar-refractivity contribution in [2.75, 3.05) is 0 Å². The number of carbonyl (C=O) groups is 2. The Morgan fingerprint density at radius 2 is 2.24 bits per heavy atom. The van der Waals surface area contributed by atoms with Crippen LogP contribution in [-0.4, -0.2) is 32.4 Å². The molecular weight excluding hydrogens is 290 g/mol. The standard InChI is InChI=1S/C14H19N3O3S/c1-4-8(2)12(13(19)20)16-11(18)5-10-7-21-14-15-9(3)6-17(10)14/h6-8,12H,4-5H2,1-3H3,(H,16,18)(H,19,20). The first kappa shape index (κ1) is 15.5. The number of hydrogen-bond acceptors (Lipinski definition) is 4. The molecule has 0 aliphatic heterocycles. The summed E-state index contributed by atoms with van der Waals surface area (Å²) in [4.78, 5) is 28.5. The fraction of sp³-hybridized carbons (Fsp3) is 0.500. The molecule has 2 unspecified atom stereocenters. The van der Waals surface area contributed by atoms with Gasteiger partial charge in [0.05, 0.1) is 12.1 Å². The van der Waals surface area contributed by atoms with E-state index in [0.29, 0.717) is 6.42 Å². The van der Waals surface area contributed by atoms with E-state index in [1.54, 1.807) is 0 Å². The molecule has 0 aliphatic rings. The van der Waals surface area contributed by atoms with Crippen LogP contribution < -0.4 is 5.32 Å². The van der Waals surface area contributed by atoms with E-state index >= 15 is 0 Å². The summed E-state index contributed by atoms with van der Waals surface area (Å²) < 4.78 is 1.87. The minimum atomic E-state index is -0.994. The normalized spacial score (nSPS) is 14.0. The van der Waals surface area contributed by atoms with Crippen LogP contribution in [-0.2, 0) is 16.0 Å². The van der Waals surface area contributed by atoms with Crippen LogP contribution in [0.15, 0.2) is 11.6 Å². The summed E-state index contributed by atoms with van der Waals surface area (Å²) in [5.74, 6) is -1.38. The van der Waals surface area contributed by atoms with Gasteiger partial charge in [-0.25, -0.2) is 9.78 Å². The Morgan fingerprint density at radius 3 is 2.86 bits per heavy atom. The summed E-state index contributed by atoms with van der Waals surface area (Å²) in [5, 5.41) is 13.7. The highest BCUT2D eigenvalue weighted by molar-refractivity contribution is 7.15. The molecule has 0 aromatic carbocycles. The molecule has 0 fully saturated rings. The molecule has 114 valence electrons. The highest BCUT2D eigenvalue weighted by atomic mass is 32.1. The van der Waals surface area contributed by atoms with Crippen molar-refractivity contribution in [2.24, 2.45) is 5.92 Å². The maximum atomic E-state index is 12.1. The van der Waals surface area contributed by atoms with Gasteiger partial charge >= 0.3 is 5.97 Å². The van der Waals surface area contributed by atoms with Crippen LogP contribution in [0.4, 0.5) is 0 Å². The van der Waals surface area contributed by atoms with Crippen molar-refractivity contribution in [3.8, 4) is 0 Å². The number of amides is 1. The summed E-state index contributed by atoms with van der Waals surface area (Å²) in [6.07, 6.45) is 2.72. The maximum absolute atomic E-state index is 12.1. The predicted octanol–water partition coefficient (Wildman–Crippen LogP) is 1.86. The van der Waals surface area contributed by atoms with Gasteiger partial charge in [-0.05, 0) is 12.8 Å². The quantitative estimate of drug-likeness (QED) is 0.853. The Balaban J connectivity index is 2.08. The zero-order valence-electron chi connectivity index (χ0n) is 12.3. The van der Waals surface area contributed by atoms with Crippen molar-refractivity contribution < 1.29 is 14.7 Å². The van der Waals surface area contributed by atoms with Crippen molar-refractivity contribution in [3.63, 3.8) is 0 Å². The molecule has 2 heterocycles. The van der Waals surface area contributed by atoms with Crippen molar-refractivity contribution in [1.82, 2.24) is 14.7 Å². The van der Waals surface area contributed by atoms with Gasteiger partial charge in [-0.15, -0.1) is 11.3 Å². The first-order valence-electron chi connectivity index (χ1n) is 6.86. The second-order valence-electron chi connectivity index (χ2n) is 5.21. The topological polar surface area (TPSA) is 83.7 Å². The second-order valence-corrected chi connectivity index (χ2v) is 6.04. The van der Waals surface area contributed by atoms with Gasteiger partial charge in [0, 0.05) is 17.3 Å². The summed E-state index contributed by atoms with van der Waals surface area (Å²) in [7, 11) is 0. The molecule has 2 atom stereocenters. The fourth-order valence-electron chi connectivity index (χ4n) is 2.14. The highest BCUT2D eigenvalue weighted by Crippen LogP contribution is 2.17. The molecule has 2 rings (SSSR count). The summed E-state index contributed by atoms with van der Waals surface area (Å²) in [6.45, 7) is 5.62. The third-order valence-electron chi connectivity index (χ3n) is 3.54. The molecule has 0 spiro atoms. The number of aliphatic carboxylic acids is 1. The van der Waals surface area contributed by atoms with E-state index in [1.165, 1.54) is 11.3 Å². The SMILES string of the molecule is CCC(C)C(NC(=O)Cc1csc2nc(C)cn12)C(=O)O. The number of fused-ring (bicyclic) bond motifs is 1. The number of carboxylic acid groups (broad SMARTS) is 1. The number of imidazole rings is 1. The lowest BCUT2D eigenvalue weighted by Gasteiger charge is -2.20. The van der Waals surface area contributed by atoms with Gasteiger partial charge in [-0.2, -0.15) is 0 Å². The van der Waals surface area contributed by atoms with Crippen molar-refractivity contribution in [1.29, 1.82) is 0 Å². The Bertz CT molecular complexity index is 662. The number of nitrogens with zero attached hydrogens (tertiary/aromatic N) is 2. The van der Waals surface area contributed by atoms with E-state index in [-0.39, 0.29) is 18.2 Å². The number of hydrogen-bond donors (Lipinski definition) is 2. The van der Waals surface area contributed by atoms with Crippen LogP contribution in [0.5, 0.6) is 0 Å². The molecule has 21 heavy (non-hydrogen) atoms. The lowest BCUT2D eigenvalue weighted by atomic mass is 9.99. The Kier molecular flexibility index (Phi) is 4.62. The van der Waals surface area contributed by atoms with E-state index in [0.717, 1.165) is 16.3 Å². The van der Waals surface area contributed by atoms with Gasteiger partial charge < -0.3 is 10.4 Å². The van der Waals surface area contributed by atoms with Crippen LogP contribution in [0.3, 0.4) is 0 Å². The molecule has 0 radical (unpaired) electrons. The van der Waals surface area contributed by atoms with Crippen molar-refractivity contribution >= 4 is 28.2 Å². The molecule has 6 nitrogen and oxygen atoms in total. The van der Waals surface area contributed by atoms with Gasteiger partial charge in [0.1, 0.15) is 6.04 Å².